The van der Waals surface area contributed by atoms with Gasteiger partial charge >= 0.3 is 0 Å². The zero-order chi connectivity index (χ0) is 9.84. The van der Waals surface area contributed by atoms with E-state index in [1.165, 1.54) is 12.1 Å². The molecule has 78 valence electrons. The first kappa shape index (κ1) is 13.4. The maximum absolute atomic E-state index is 12.9. The maximum Gasteiger partial charge on any atom is 0.150 e. The van der Waals surface area contributed by atoms with Crippen LogP contribution in [0.15, 0.2) is 18.2 Å². The van der Waals surface area contributed by atoms with Crippen LogP contribution in [0.4, 0.5) is 4.39 Å². The van der Waals surface area contributed by atoms with Gasteiger partial charge in [-0.05, 0) is 17.7 Å². The van der Waals surface area contributed by atoms with Gasteiger partial charge < -0.3 is 5.73 Å². The van der Waals surface area contributed by atoms with Crippen LogP contribution in [0.5, 0.6) is 0 Å². The van der Waals surface area contributed by atoms with Gasteiger partial charge in [-0.3, -0.25) is 4.79 Å². The lowest BCUT2D eigenvalue weighted by Gasteiger charge is -2.00. The van der Waals surface area contributed by atoms with Gasteiger partial charge in [0.2, 0.25) is 0 Å². The van der Waals surface area contributed by atoms with Crippen LogP contribution in [0, 0.1) is 5.82 Å². The third kappa shape index (κ3) is 3.62. The lowest BCUT2D eigenvalue weighted by Crippen LogP contribution is -2.15. The van der Waals surface area contributed by atoms with E-state index in [9.17, 15) is 9.18 Å². The predicted octanol–water partition coefficient (Wildman–Crippen LogP) is 1.97. The molecule has 1 rings (SSSR count). The first-order valence-electron chi connectivity index (χ1n) is 3.79. The minimum atomic E-state index is -0.510. The van der Waals surface area contributed by atoms with Crippen molar-refractivity contribution in [2.45, 2.75) is 6.42 Å². The van der Waals surface area contributed by atoms with E-state index in [1.54, 1.807) is 6.07 Å². The number of hydrogen-bond donors (Lipinski definition) is 1. The van der Waals surface area contributed by atoms with E-state index >= 15 is 0 Å². The summed E-state index contributed by atoms with van der Waals surface area (Å²) in [5.41, 5.74) is 5.71. The highest BCUT2D eigenvalue weighted by Gasteiger charge is 2.04. The molecule has 0 spiro atoms. The fourth-order valence-corrected chi connectivity index (χ4v) is 1.07. The molecule has 0 aromatic heterocycles. The SMILES string of the molecule is Cl.NCC(=O)Cc1ccc(Cl)c(F)c1. The van der Waals surface area contributed by atoms with Crippen LogP contribution in [-0.4, -0.2) is 12.3 Å². The van der Waals surface area contributed by atoms with E-state index in [0.717, 1.165) is 0 Å². The van der Waals surface area contributed by atoms with Gasteiger partial charge in [0.1, 0.15) is 5.82 Å². The number of rotatable bonds is 3. The minimum Gasteiger partial charge on any atom is -0.324 e. The minimum absolute atomic E-state index is 0. The Kier molecular flexibility index (Phi) is 5.69. The molecule has 1 aromatic carbocycles. The number of ketones is 1. The Morgan fingerprint density at radius 1 is 1.50 bits per heavy atom. The molecule has 14 heavy (non-hydrogen) atoms. The molecule has 0 aliphatic carbocycles. The molecule has 0 saturated carbocycles. The fourth-order valence-electron chi connectivity index (χ4n) is 0.949. The van der Waals surface area contributed by atoms with E-state index in [4.69, 9.17) is 17.3 Å². The van der Waals surface area contributed by atoms with Crippen molar-refractivity contribution in [2.75, 3.05) is 6.54 Å². The zero-order valence-electron chi connectivity index (χ0n) is 7.30. The van der Waals surface area contributed by atoms with Crippen molar-refractivity contribution in [2.24, 2.45) is 5.73 Å². The van der Waals surface area contributed by atoms with Gasteiger partial charge in [0.05, 0.1) is 11.6 Å². The van der Waals surface area contributed by atoms with Crippen molar-refractivity contribution in [1.29, 1.82) is 0 Å². The Hall–Kier alpha value is -0.640. The number of halogens is 3. The Morgan fingerprint density at radius 3 is 2.64 bits per heavy atom. The van der Waals surface area contributed by atoms with Crippen LogP contribution in [0.25, 0.3) is 0 Å². The quantitative estimate of drug-likeness (QED) is 0.874. The van der Waals surface area contributed by atoms with Crippen molar-refractivity contribution in [3.05, 3.63) is 34.6 Å². The third-order valence-electron chi connectivity index (χ3n) is 1.61. The van der Waals surface area contributed by atoms with Gasteiger partial charge in [-0.15, -0.1) is 12.4 Å². The Bertz CT molecular complexity index is 331. The molecule has 2 nitrogen and oxygen atoms in total. The predicted molar refractivity (Wildman–Crippen MR) is 56.4 cm³/mol. The second-order valence-corrected chi connectivity index (χ2v) is 3.08. The summed E-state index contributed by atoms with van der Waals surface area (Å²) in [6, 6.07) is 4.28. The van der Waals surface area contributed by atoms with Gasteiger partial charge in [0.25, 0.3) is 0 Å². The zero-order valence-corrected chi connectivity index (χ0v) is 8.87. The Morgan fingerprint density at radius 2 is 2.14 bits per heavy atom. The number of Topliss-reactive ketones (excluding diaryl/α,β-unsaturated/α-hetero) is 1. The summed E-state index contributed by atoms with van der Waals surface area (Å²) < 4.78 is 12.9. The van der Waals surface area contributed by atoms with Crippen molar-refractivity contribution >= 4 is 29.8 Å². The Balaban J connectivity index is 0.00000169. The van der Waals surface area contributed by atoms with Crippen molar-refractivity contribution in [3.8, 4) is 0 Å². The maximum atomic E-state index is 12.9. The largest absolute Gasteiger partial charge is 0.324 e. The number of nitrogens with two attached hydrogens (primary N) is 1. The van der Waals surface area contributed by atoms with E-state index < -0.39 is 5.82 Å². The van der Waals surface area contributed by atoms with Crippen LogP contribution < -0.4 is 5.73 Å². The normalized spacial score (nSPS) is 9.36. The van der Waals surface area contributed by atoms with Crippen LogP contribution >= 0.6 is 24.0 Å². The van der Waals surface area contributed by atoms with Crippen molar-refractivity contribution < 1.29 is 9.18 Å². The van der Waals surface area contributed by atoms with E-state index in [2.05, 4.69) is 0 Å². The van der Waals surface area contributed by atoms with Gasteiger partial charge in [-0.2, -0.15) is 0 Å². The third-order valence-corrected chi connectivity index (χ3v) is 1.92. The highest BCUT2D eigenvalue weighted by molar-refractivity contribution is 6.30. The van der Waals surface area contributed by atoms with Crippen LogP contribution in [0.1, 0.15) is 5.56 Å². The average molecular weight is 238 g/mol. The highest BCUT2D eigenvalue weighted by Crippen LogP contribution is 2.15. The molecule has 0 amide bonds. The molecule has 2 N–H and O–H groups in total. The first-order valence-corrected chi connectivity index (χ1v) is 4.17. The lowest BCUT2D eigenvalue weighted by molar-refractivity contribution is -0.117. The van der Waals surface area contributed by atoms with Crippen LogP contribution in [-0.2, 0) is 11.2 Å². The fraction of sp³-hybridized carbons (Fsp3) is 0.222. The second-order valence-electron chi connectivity index (χ2n) is 2.67. The molecule has 0 fully saturated rings. The van der Waals surface area contributed by atoms with Crippen LogP contribution in [0.2, 0.25) is 5.02 Å². The molecule has 0 radical (unpaired) electrons. The average Bonchev–Trinajstić information content (AvgIpc) is 2.11. The summed E-state index contributed by atoms with van der Waals surface area (Å²) in [5.74, 6) is -0.634. The van der Waals surface area contributed by atoms with E-state index in [-0.39, 0.29) is 36.2 Å². The summed E-state index contributed by atoms with van der Waals surface area (Å²) in [6.45, 7) is -0.0236. The topological polar surface area (TPSA) is 43.1 Å². The standard InChI is InChI=1S/C9H9ClFNO.ClH/c10-8-2-1-6(4-9(8)11)3-7(13)5-12;/h1-2,4H,3,5,12H2;1H. The van der Waals surface area contributed by atoms with Gasteiger partial charge in [-0.1, -0.05) is 17.7 Å². The summed E-state index contributed by atoms with van der Waals surface area (Å²) in [5, 5.41) is 0.0592. The van der Waals surface area contributed by atoms with Gasteiger partial charge in [0.15, 0.2) is 5.78 Å². The summed E-state index contributed by atoms with van der Waals surface area (Å²) in [6.07, 6.45) is 0.157. The molecule has 0 aliphatic rings. The molecule has 0 aliphatic heterocycles. The van der Waals surface area contributed by atoms with Crippen molar-refractivity contribution in [3.63, 3.8) is 0 Å². The summed E-state index contributed by atoms with van der Waals surface area (Å²) in [7, 11) is 0. The molecule has 0 heterocycles. The Labute approximate surface area is 92.6 Å². The molecular weight excluding hydrogens is 228 g/mol. The number of benzene rings is 1. The molecular formula is C9H10Cl2FNO. The molecule has 0 saturated heterocycles. The molecule has 1 aromatic rings. The lowest BCUT2D eigenvalue weighted by atomic mass is 10.1. The molecule has 0 unspecified atom stereocenters. The first-order chi connectivity index (χ1) is 6.13. The van der Waals surface area contributed by atoms with Crippen molar-refractivity contribution in [1.82, 2.24) is 0 Å². The van der Waals surface area contributed by atoms with E-state index in [0.29, 0.717) is 5.56 Å². The second kappa shape index (κ2) is 5.96. The van der Waals surface area contributed by atoms with Gasteiger partial charge in [-0.25, -0.2) is 4.39 Å². The molecule has 0 atom stereocenters. The van der Waals surface area contributed by atoms with Gasteiger partial charge in [0, 0.05) is 6.42 Å². The summed E-state index contributed by atoms with van der Waals surface area (Å²) >= 11 is 5.47. The summed E-state index contributed by atoms with van der Waals surface area (Å²) in [4.78, 5) is 10.9. The van der Waals surface area contributed by atoms with Crippen LogP contribution in [0.3, 0.4) is 0 Å². The van der Waals surface area contributed by atoms with E-state index in [1.807, 2.05) is 0 Å². The monoisotopic (exact) mass is 237 g/mol. The molecule has 0 bridgehead atoms. The number of carbonyl (C=O) groups is 1. The number of hydrogen-bond acceptors (Lipinski definition) is 2. The smallest absolute Gasteiger partial charge is 0.150 e. The number of carbonyl (C=O) groups excluding carboxylic acids is 1. The molecule has 5 heteroatoms. The highest BCUT2D eigenvalue weighted by atomic mass is 35.5.